The topological polar surface area (TPSA) is 78.5 Å². The van der Waals surface area contributed by atoms with Crippen molar-refractivity contribution in [1.29, 1.82) is 0 Å². The van der Waals surface area contributed by atoms with Crippen LogP contribution in [-0.2, 0) is 4.84 Å². The van der Waals surface area contributed by atoms with Gasteiger partial charge in [-0.3, -0.25) is 4.84 Å². The molecule has 1 atom stereocenters. The summed E-state index contributed by atoms with van der Waals surface area (Å²) in [6.45, 7) is 3.72. The zero-order valence-electron chi connectivity index (χ0n) is 10.3. The van der Waals surface area contributed by atoms with Gasteiger partial charge in [-0.15, -0.1) is 0 Å². The lowest BCUT2D eigenvalue weighted by Crippen LogP contribution is -2.30. The molecule has 0 bridgehead atoms. The predicted octanol–water partition coefficient (Wildman–Crippen LogP) is 2.56. The lowest BCUT2D eigenvalue weighted by atomic mass is 10.3. The van der Waals surface area contributed by atoms with E-state index in [1.807, 2.05) is 24.3 Å². The Balaban J connectivity index is 2.17. The zero-order chi connectivity index (χ0) is 13.1. The fourth-order valence-electron chi connectivity index (χ4n) is 1.66. The van der Waals surface area contributed by atoms with Gasteiger partial charge in [0.2, 0.25) is 0 Å². The number of hydroxylamine groups is 2. The number of carboxylic acid groups (broad SMARTS) is 1. The van der Waals surface area contributed by atoms with Crippen LogP contribution in [0.4, 0.5) is 4.79 Å². The number of nitrogens with one attached hydrogen (secondary N) is 1. The molecule has 1 amide bonds. The Hall–Kier alpha value is -2.08. The Kier molecular flexibility index (Phi) is 3.47. The number of hydrogen-bond acceptors (Lipinski definition) is 3. The van der Waals surface area contributed by atoms with E-state index in [0.29, 0.717) is 5.82 Å². The highest BCUT2D eigenvalue weighted by Gasteiger charge is 2.18. The van der Waals surface area contributed by atoms with Gasteiger partial charge in [0.05, 0.1) is 11.0 Å². The van der Waals surface area contributed by atoms with E-state index in [1.165, 1.54) is 0 Å². The maximum atomic E-state index is 10.8. The number of rotatable bonds is 4. The second-order valence-corrected chi connectivity index (χ2v) is 3.86. The lowest BCUT2D eigenvalue weighted by Gasteiger charge is -2.19. The second kappa shape index (κ2) is 5.05. The van der Waals surface area contributed by atoms with Crippen molar-refractivity contribution in [2.75, 3.05) is 6.54 Å². The molecule has 2 rings (SSSR count). The molecule has 0 saturated carbocycles. The van der Waals surface area contributed by atoms with Crippen molar-refractivity contribution in [1.82, 2.24) is 15.0 Å². The van der Waals surface area contributed by atoms with Crippen molar-refractivity contribution in [2.24, 2.45) is 0 Å². The van der Waals surface area contributed by atoms with Crippen LogP contribution < -0.4 is 0 Å². The Morgan fingerprint density at radius 3 is 2.89 bits per heavy atom. The minimum atomic E-state index is -1.11. The molecule has 6 nitrogen and oxygen atoms in total. The van der Waals surface area contributed by atoms with Crippen LogP contribution in [0.5, 0.6) is 0 Å². The molecular formula is C12H15N3O3. The molecule has 0 aliphatic carbocycles. The highest BCUT2D eigenvalue weighted by molar-refractivity contribution is 5.74. The first-order valence-corrected chi connectivity index (χ1v) is 5.73. The number of imidazole rings is 1. The molecule has 0 spiro atoms. The van der Waals surface area contributed by atoms with E-state index in [9.17, 15) is 4.79 Å². The SMILES string of the molecule is CCN(OC(C)c1nc2ccccc2[nH]1)C(=O)O. The smallest absolute Gasteiger partial charge is 0.431 e. The van der Waals surface area contributed by atoms with E-state index in [2.05, 4.69) is 9.97 Å². The maximum Gasteiger partial charge on any atom is 0.431 e. The largest absolute Gasteiger partial charge is 0.463 e. The quantitative estimate of drug-likeness (QED) is 0.816. The molecule has 1 heterocycles. The van der Waals surface area contributed by atoms with Gasteiger partial charge in [0.1, 0.15) is 11.9 Å². The van der Waals surface area contributed by atoms with Gasteiger partial charge in [0, 0.05) is 6.54 Å². The molecule has 18 heavy (non-hydrogen) atoms. The zero-order valence-corrected chi connectivity index (χ0v) is 10.3. The Bertz CT molecular complexity index is 519. The molecule has 0 aliphatic heterocycles. The third-order valence-electron chi connectivity index (χ3n) is 2.58. The maximum absolute atomic E-state index is 10.8. The summed E-state index contributed by atoms with van der Waals surface area (Å²) in [6, 6.07) is 7.60. The standard InChI is InChI=1S/C12H15N3O3/c1-3-15(12(16)17)18-8(2)11-13-9-6-4-5-7-10(9)14-11/h4-8H,3H2,1-2H3,(H,13,14)(H,16,17). The molecule has 2 aromatic rings. The van der Waals surface area contributed by atoms with Gasteiger partial charge in [-0.2, -0.15) is 5.06 Å². The third kappa shape index (κ3) is 2.43. The van der Waals surface area contributed by atoms with Crippen LogP contribution in [0.25, 0.3) is 11.0 Å². The minimum absolute atomic E-state index is 0.264. The summed E-state index contributed by atoms with van der Waals surface area (Å²) in [5.41, 5.74) is 1.74. The van der Waals surface area contributed by atoms with Gasteiger partial charge in [0.15, 0.2) is 0 Å². The fraction of sp³-hybridized carbons (Fsp3) is 0.333. The number of H-pyrrole nitrogens is 1. The fourth-order valence-corrected chi connectivity index (χ4v) is 1.66. The van der Waals surface area contributed by atoms with Crippen molar-refractivity contribution in [2.45, 2.75) is 20.0 Å². The molecule has 1 aromatic carbocycles. The Morgan fingerprint density at radius 1 is 1.56 bits per heavy atom. The van der Waals surface area contributed by atoms with Crippen LogP contribution in [0.1, 0.15) is 25.8 Å². The summed E-state index contributed by atoms with van der Waals surface area (Å²) in [7, 11) is 0. The van der Waals surface area contributed by atoms with Crippen molar-refractivity contribution in [3.63, 3.8) is 0 Å². The second-order valence-electron chi connectivity index (χ2n) is 3.86. The van der Waals surface area contributed by atoms with Crippen LogP contribution >= 0.6 is 0 Å². The third-order valence-corrected chi connectivity index (χ3v) is 2.58. The highest BCUT2D eigenvalue weighted by atomic mass is 16.7. The number of aromatic nitrogens is 2. The normalized spacial score (nSPS) is 12.6. The number of fused-ring (bicyclic) bond motifs is 1. The Morgan fingerprint density at radius 2 is 2.28 bits per heavy atom. The number of benzene rings is 1. The van der Waals surface area contributed by atoms with E-state index in [-0.39, 0.29) is 6.54 Å². The molecule has 0 aliphatic rings. The number of aromatic amines is 1. The first-order chi connectivity index (χ1) is 8.61. The number of amides is 1. The Labute approximate surface area is 104 Å². The summed E-state index contributed by atoms with van der Waals surface area (Å²) >= 11 is 0. The molecule has 96 valence electrons. The van der Waals surface area contributed by atoms with Gasteiger partial charge in [0.25, 0.3) is 0 Å². The van der Waals surface area contributed by atoms with E-state index in [4.69, 9.17) is 9.94 Å². The molecule has 0 fully saturated rings. The van der Waals surface area contributed by atoms with Gasteiger partial charge in [-0.25, -0.2) is 9.78 Å². The van der Waals surface area contributed by atoms with Crippen LogP contribution in [0, 0.1) is 0 Å². The van der Waals surface area contributed by atoms with Crippen LogP contribution in [0.3, 0.4) is 0 Å². The van der Waals surface area contributed by atoms with E-state index in [0.717, 1.165) is 16.1 Å². The molecule has 6 heteroatoms. The summed E-state index contributed by atoms with van der Waals surface area (Å²) in [5.74, 6) is 0.607. The number of hydrogen-bond donors (Lipinski definition) is 2. The van der Waals surface area contributed by atoms with Crippen molar-refractivity contribution < 1.29 is 14.7 Å². The van der Waals surface area contributed by atoms with Gasteiger partial charge < -0.3 is 10.1 Å². The first kappa shape index (κ1) is 12.4. The van der Waals surface area contributed by atoms with Crippen LogP contribution in [0.2, 0.25) is 0 Å². The highest BCUT2D eigenvalue weighted by Crippen LogP contribution is 2.19. The number of para-hydroxylation sites is 2. The summed E-state index contributed by atoms with van der Waals surface area (Å²) in [6.07, 6.45) is -1.56. The number of nitrogens with zero attached hydrogens (tertiary/aromatic N) is 2. The molecule has 0 saturated heterocycles. The van der Waals surface area contributed by atoms with E-state index >= 15 is 0 Å². The van der Waals surface area contributed by atoms with E-state index < -0.39 is 12.2 Å². The number of carbonyl (C=O) groups is 1. The minimum Gasteiger partial charge on any atom is -0.463 e. The average molecular weight is 249 g/mol. The van der Waals surface area contributed by atoms with Gasteiger partial charge in [-0.1, -0.05) is 12.1 Å². The lowest BCUT2D eigenvalue weighted by molar-refractivity contribution is -0.167. The molecule has 1 aromatic heterocycles. The van der Waals surface area contributed by atoms with Gasteiger partial charge in [-0.05, 0) is 26.0 Å². The van der Waals surface area contributed by atoms with Crippen molar-refractivity contribution in [3.05, 3.63) is 30.1 Å². The van der Waals surface area contributed by atoms with Crippen LogP contribution in [-0.4, -0.2) is 32.8 Å². The summed E-state index contributed by atoms with van der Waals surface area (Å²) in [5, 5.41) is 9.77. The summed E-state index contributed by atoms with van der Waals surface area (Å²) in [4.78, 5) is 23.6. The van der Waals surface area contributed by atoms with E-state index in [1.54, 1.807) is 13.8 Å². The molecule has 2 N–H and O–H groups in total. The van der Waals surface area contributed by atoms with Crippen LogP contribution in [0.15, 0.2) is 24.3 Å². The first-order valence-electron chi connectivity index (χ1n) is 5.73. The summed E-state index contributed by atoms with van der Waals surface area (Å²) < 4.78 is 0. The van der Waals surface area contributed by atoms with Crippen molar-refractivity contribution in [3.8, 4) is 0 Å². The molecular weight excluding hydrogens is 234 g/mol. The molecule has 1 unspecified atom stereocenters. The monoisotopic (exact) mass is 249 g/mol. The van der Waals surface area contributed by atoms with Gasteiger partial charge >= 0.3 is 6.09 Å². The van der Waals surface area contributed by atoms with Crippen molar-refractivity contribution >= 4 is 17.1 Å². The predicted molar refractivity (Wildman–Crippen MR) is 66.0 cm³/mol. The molecule has 0 radical (unpaired) electrons. The average Bonchev–Trinajstić information content (AvgIpc) is 2.79.